The van der Waals surface area contributed by atoms with Gasteiger partial charge in [-0.25, -0.2) is 0 Å². The normalized spacial score (nSPS) is 17.7. The molecule has 8 nitrogen and oxygen atoms in total. The molecule has 2 aliphatic heterocycles. The second kappa shape index (κ2) is 13.5. The van der Waals surface area contributed by atoms with E-state index in [2.05, 4.69) is 22.8 Å². The lowest BCUT2D eigenvalue weighted by molar-refractivity contribution is -0.147. The van der Waals surface area contributed by atoms with Gasteiger partial charge in [-0.2, -0.15) is 11.8 Å². The van der Waals surface area contributed by atoms with Crippen LogP contribution in [0.4, 0.5) is 5.69 Å². The second-order valence-corrected chi connectivity index (χ2v) is 12.0. The molecule has 5 rings (SSSR count). The monoisotopic (exact) mass is 604 g/mol. The van der Waals surface area contributed by atoms with Crippen molar-refractivity contribution in [1.29, 1.82) is 0 Å². The van der Waals surface area contributed by atoms with Gasteiger partial charge in [-0.1, -0.05) is 60.7 Å². The fraction of sp³-hybridized carbons (Fsp3) is 0.344. The highest BCUT2D eigenvalue weighted by Gasteiger charge is 2.48. The van der Waals surface area contributed by atoms with Crippen molar-refractivity contribution in [1.82, 2.24) is 15.1 Å². The van der Waals surface area contributed by atoms with Gasteiger partial charge in [-0.15, -0.1) is 0 Å². The molecule has 3 aromatic rings. The number of anilines is 1. The molecule has 10 heteroatoms. The van der Waals surface area contributed by atoms with Gasteiger partial charge in [0.15, 0.2) is 5.11 Å². The zero-order valence-corrected chi connectivity index (χ0v) is 25.5. The molecule has 2 aliphatic rings. The first kappa shape index (κ1) is 29.7. The van der Waals surface area contributed by atoms with Crippen LogP contribution in [0.25, 0.3) is 0 Å². The molecule has 0 saturated carbocycles. The van der Waals surface area contributed by atoms with Crippen LogP contribution in [0.1, 0.15) is 30.0 Å². The lowest BCUT2D eigenvalue weighted by atomic mass is 9.87. The molecule has 2 heterocycles. The van der Waals surface area contributed by atoms with Gasteiger partial charge in [0.05, 0.1) is 32.5 Å². The van der Waals surface area contributed by atoms with Crippen LogP contribution in [0.15, 0.2) is 78.9 Å². The molecule has 0 aromatic heterocycles. The highest BCUT2D eigenvalue weighted by Crippen LogP contribution is 2.37. The molecular formula is C32H36N4O4S2. The lowest BCUT2D eigenvalue weighted by Crippen LogP contribution is -2.61. The number of benzene rings is 3. The minimum Gasteiger partial charge on any atom is -0.497 e. The Bertz CT molecular complexity index is 1400. The van der Waals surface area contributed by atoms with E-state index in [4.69, 9.17) is 21.7 Å². The van der Waals surface area contributed by atoms with Crippen molar-refractivity contribution < 1.29 is 19.1 Å². The van der Waals surface area contributed by atoms with E-state index in [0.717, 1.165) is 22.6 Å². The van der Waals surface area contributed by atoms with Crippen molar-refractivity contribution >= 4 is 46.6 Å². The van der Waals surface area contributed by atoms with Crippen LogP contribution in [0.2, 0.25) is 0 Å². The second-order valence-electron chi connectivity index (χ2n) is 10.4. The highest BCUT2D eigenvalue weighted by atomic mass is 32.2. The van der Waals surface area contributed by atoms with Crippen LogP contribution < -0.4 is 20.1 Å². The summed E-state index contributed by atoms with van der Waals surface area (Å²) in [6.45, 7) is 0.968. The van der Waals surface area contributed by atoms with Gasteiger partial charge < -0.3 is 29.9 Å². The van der Waals surface area contributed by atoms with E-state index < -0.39 is 5.54 Å². The number of nitrogens with zero attached hydrogens (tertiary/aromatic N) is 2. The Kier molecular flexibility index (Phi) is 9.54. The summed E-state index contributed by atoms with van der Waals surface area (Å²) in [6, 6.07) is 25.2. The van der Waals surface area contributed by atoms with Gasteiger partial charge in [-0.05, 0) is 59.8 Å². The number of thiocarbonyl (C=S) groups is 1. The third kappa shape index (κ3) is 6.50. The number of thioether (sulfide) groups is 1. The number of hydrogen-bond donors (Lipinski definition) is 2. The summed E-state index contributed by atoms with van der Waals surface area (Å²) in [5.74, 6) is 2.29. The fourth-order valence-corrected chi connectivity index (χ4v) is 7.01. The van der Waals surface area contributed by atoms with Crippen LogP contribution in [0, 0.1) is 0 Å². The van der Waals surface area contributed by atoms with Gasteiger partial charge >= 0.3 is 0 Å². The van der Waals surface area contributed by atoms with Crippen molar-refractivity contribution in [3.05, 3.63) is 90.0 Å². The average molecular weight is 605 g/mol. The Balaban J connectivity index is 1.44. The molecule has 42 heavy (non-hydrogen) atoms. The number of nitrogens with one attached hydrogen (secondary N) is 2. The summed E-state index contributed by atoms with van der Waals surface area (Å²) in [5.41, 5.74) is 1.56. The van der Waals surface area contributed by atoms with Gasteiger partial charge in [0, 0.05) is 19.2 Å². The third-order valence-corrected chi connectivity index (χ3v) is 9.28. The molecule has 0 unspecified atom stereocenters. The maximum Gasteiger partial charge on any atom is 0.250 e. The Morgan fingerprint density at radius 3 is 2.38 bits per heavy atom. The molecule has 0 aliphatic carbocycles. The van der Waals surface area contributed by atoms with Gasteiger partial charge in [0.25, 0.3) is 5.91 Å². The quantitative estimate of drug-likeness (QED) is 0.318. The largest absolute Gasteiger partial charge is 0.497 e. The Morgan fingerprint density at radius 2 is 1.71 bits per heavy atom. The number of methoxy groups -OCH3 is 2. The SMILES string of the molecule is COc1ccc(NC(=O)C2(N(Cc3ccccc3)C(=O)CN3C[C@@H](c4ccccc4)NC3=S)CCSCC2)c(OC)c1. The molecule has 2 saturated heterocycles. The predicted molar refractivity (Wildman–Crippen MR) is 171 cm³/mol. The summed E-state index contributed by atoms with van der Waals surface area (Å²) >= 11 is 7.46. The first-order valence-electron chi connectivity index (χ1n) is 14.0. The van der Waals surface area contributed by atoms with Crippen LogP contribution >= 0.6 is 24.0 Å². The Hall–Kier alpha value is -3.76. The lowest BCUT2D eigenvalue weighted by Gasteiger charge is -2.45. The fourth-order valence-electron chi connectivity index (χ4n) is 5.56. The number of hydrogen-bond acceptors (Lipinski definition) is 6. The highest BCUT2D eigenvalue weighted by molar-refractivity contribution is 7.99. The van der Waals surface area contributed by atoms with Crippen molar-refractivity contribution in [2.45, 2.75) is 31.0 Å². The van der Waals surface area contributed by atoms with E-state index in [1.807, 2.05) is 53.4 Å². The van der Waals surface area contributed by atoms with Crippen molar-refractivity contribution in [2.75, 3.05) is 44.1 Å². The summed E-state index contributed by atoms with van der Waals surface area (Å²) in [6.07, 6.45) is 1.08. The molecule has 2 amide bonds. The standard InChI is InChI=1S/C32H36N4O4S2/c1-39-25-13-14-26(28(19-25)40-2)33-30(38)32(15-17-42-18-16-32)36(20-23-9-5-3-6-10-23)29(37)22-35-21-27(34-31(35)41)24-11-7-4-8-12-24/h3-14,19,27H,15-18,20-22H2,1-2H3,(H,33,38)(H,34,41)/t27-/m0/s1. The molecule has 0 radical (unpaired) electrons. The van der Waals surface area contributed by atoms with Crippen molar-refractivity contribution in [2.24, 2.45) is 0 Å². The zero-order valence-electron chi connectivity index (χ0n) is 23.9. The van der Waals surface area contributed by atoms with E-state index in [0.29, 0.717) is 48.2 Å². The maximum atomic E-state index is 14.3. The molecule has 1 atom stereocenters. The minimum atomic E-state index is -1.04. The number of carbonyl (C=O) groups excluding carboxylic acids is 2. The van der Waals surface area contributed by atoms with E-state index in [-0.39, 0.29) is 24.4 Å². The maximum absolute atomic E-state index is 14.3. The molecule has 2 fully saturated rings. The van der Waals surface area contributed by atoms with E-state index >= 15 is 0 Å². The molecular weight excluding hydrogens is 569 g/mol. The molecule has 0 bridgehead atoms. The van der Waals surface area contributed by atoms with Crippen molar-refractivity contribution in [3.63, 3.8) is 0 Å². The summed E-state index contributed by atoms with van der Waals surface area (Å²) < 4.78 is 10.9. The topological polar surface area (TPSA) is 83.1 Å². The predicted octanol–water partition coefficient (Wildman–Crippen LogP) is 4.87. The Labute approximate surface area is 256 Å². The van der Waals surface area contributed by atoms with E-state index in [1.165, 1.54) is 0 Å². The van der Waals surface area contributed by atoms with Gasteiger partial charge in [-0.3, -0.25) is 9.59 Å². The van der Waals surface area contributed by atoms with Crippen LogP contribution in [-0.4, -0.2) is 71.1 Å². The van der Waals surface area contributed by atoms with Crippen LogP contribution in [-0.2, 0) is 16.1 Å². The molecule has 3 aromatic carbocycles. The van der Waals surface area contributed by atoms with Crippen LogP contribution in [0.5, 0.6) is 11.5 Å². The summed E-state index contributed by atoms with van der Waals surface area (Å²) in [7, 11) is 3.14. The number of amides is 2. The van der Waals surface area contributed by atoms with Gasteiger partial charge in [0.1, 0.15) is 17.0 Å². The van der Waals surface area contributed by atoms with Crippen molar-refractivity contribution in [3.8, 4) is 11.5 Å². The molecule has 0 spiro atoms. The number of carbonyl (C=O) groups is 2. The molecule has 220 valence electrons. The first-order valence-corrected chi connectivity index (χ1v) is 15.6. The van der Waals surface area contributed by atoms with Gasteiger partial charge in [0.2, 0.25) is 5.91 Å². The first-order chi connectivity index (χ1) is 20.4. The van der Waals surface area contributed by atoms with E-state index in [1.54, 1.807) is 49.1 Å². The smallest absolute Gasteiger partial charge is 0.250 e. The Morgan fingerprint density at radius 1 is 1.02 bits per heavy atom. The number of rotatable bonds is 10. The summed E-state index contributed by atoms with van der Waals surface area (Å²) in [4.78, 5) is 32.4. The van der Waals surface area contributed by atoms with Crippen LogP contribution in [0.3, 0.4) is 0 Å². The third-order valence-electron chi connectivity index (χ3n) is 7.92. The molecule has 2 N–H and O–H groups in total. The van der Waals surface area contributed by atoms with E-state index in [9.17, 15) is 9.59 Å². The number of ether oxygens (including phenoxy) is 2. The average Bonchev–Trinajstić information content (AvgIpc) is 3.40. The zero-order chi connectivity index (χ0) is 29.5. The summed E-state index contributed by atoms with van der Waals surface area (Å²) in [5, 5.41) is 7.00. The minimum absolute atomic E-state index is 0.0000467.